The molecule has 0 spiro atoms. The van der Waals surface area contributed by atoms with Crippen molar-refractivity contribution in [3.63, 3.8) is 0 Å². The van der Waals surface area contributed by atoms with E-state index < -0.39 is 35.3 Å². The number of nitrogens with two attached hydrogens (primary N) is 4. The van der Waals surface area contributed by atoms with Crippen molar-refractivity contribution < 1.29 is 61.7 Å². The fraction of sp³-hybridized carbons (Fsp3) is 0.361. The van der Waals surface area contributed by atoms with Crippen LogP contribution in [0, 0.1) is 26.4 Å². The Morgan fingerprint density at radius 1 is 0.411 bits per heavy atom. The van der Waals surface area contributed by atoms with Gasteiger partial charge < -0.3 is 53.0 Å². The van der Waals surface area contributed by atoms with Gasteiger partial charge in [-0.05, 0) is 235 Å². The number of carbonyl (C=O) groups excluding carboxylic acids is 7. The van der Waals surface area contributed by atoms with Gasteiger partial charge in [0.1, 0.15) is 48.6 Å². The number of nitrogens with one attached hydrogen (secondary N) is 2. The van der Waals surface area contributed by atoms with Crippen LogP contribution in [0.2, 0.25) is 15.1 Å². The lowest BCUT2D eigenvalue weighted by Crippen LogP contribution is -2.40. The van der Waals surface area contributed by atoms with E-state index in [0.717, 1.165) is 198 Å². The minimum Gasteiger partial charge on any atom is -0.478 e. The van der Waals surface area contributed by atoms with Gasteiger partial charge in [-0.25, -0.2) is 23.2 Å². The molecule has 0 aliphatic carbocycles. The summed E-state index contributed by atoms with van der Waals surface area (Å²) < 4.78 is 52.4. The largest absolute Gasteiger partial charge is 0.478 e. The van der Waals surface area contributed by atoms with Crippen LogP contribution in [0.25, 0.3) is 33.8 Å². The Kier molecular flexibility index (Phi) is 32.7. The third-order valence-electron chi connectivity index (χ3n) is 21.0. The highest BCUT2D eigenvalue weighted by Crippen LogP contribution is 2.35. The van der Waals surface area contributed by atoms with Gasteiger partial charge in [-0.15, -0.1) is 0 Å². The first-order valence-corrected chi connectivity index (χ1v) is 45.5. The van der Waals surface area contributed by atoms with Crippen LogP contribution in [0.3, 0.4) is 0 Å². The molecule has 0 saturated carbocycles. The molecule has 0 saturated heterocycles. The number of primary amides is 4. The molecule has 0 atom stereocenters. The summed E-state index contributed by atoms with van der Waals surface area (Å²) in [6, 6.07) is 24.9. The zero-order valence-electron chi connectivity index (χ0n) is 67.4. The van der Waals surface area contributed by atoms with Gasteiger partial charge in [0.25, 0.3) is 23.6 Å². The Balaban J connectivity index is 0.000000135. The molecule has 0 bridgehead atoms. The number of benzene rings is 4. The lowest BCUT2D eigenvalue weighted by atomic mass is 10.0. The minimum absolute atomic E-state index is 0.0849. The fourth-order valence-corrected chi connectivity index (χ4v) is 19.2. The highest BCUT2D eigenvalue weighted by molar-refractivity contribution is 14.1. The van der Waals surface area contributed by atoms with Crippen molar-refractivity contribution in [1.82, 2.24) is 84.0 Å². The van der Waals surface area contributed by atoms with Gasteiger partial charge in [-0.1, -0.05) is 77.3 Å². The van der Waals surface area contributed by atoms with Crippen molar-refractivity contribution in [3.8, 4) is 33.8 Å². The van der Waals surface area contributed by atoms with Crippen LogP contribution in [0.4, 0.5) is 8.78 Å². The second-order valence-electron chi connectivity index (χ2n) is 29.2. The van der Waals surface area contributed by atoms with Gasteiger partial charge in [0.05, 0.1) is 108 Å². The topological polar surface area (TPSA) is 431 Å². The van der Waals surface area contributed by atoms with Gasteiger partial charge in [-0.3, -0.25) is 56.7 Å². The van der Waals surface area contributed by atoms with Crippen molar-refractivity contribution in [2.75, 3.05) is 32.8 Å². The number of hydrogen-bond acceptors (Lipinski definition) is 19. The molecule has 0 radical (unpaired) electrons. The van der Waals surface area contributed by atoms with E-state index in [-0.39, 0.29) is 42.3 Å². The molecular formula is C83H88Cl3F2I4N21O11. The van der Waals surface area contributed by atoms with E-state index in [0.29, 0.717) is 125 Å². The van der Waals surface area contributed by atoms with E-state index in [4.69, 9.17) is 72.3 Å². The third kappa shape index (κ3) is 22.4. The van der Waals surface area contributed by atoms with Crippen molar-refractivity contribution >= 4 is 173 Å². The van der Waals surface area contributed by atoms with Gasteiger partial charge in [0.15, 0.2) is 11.6 Å². The van der Waals surface area contributed by atoms with Crippen LogP contribution < -0.4 is 33.6 Å². The fourth-order valence-electron chi connectivity index (χ4n) is 15.4. The average molecular weight is 2210 g/mol. The molecule has 41 heteroatoms. The predicted octanol–water partition coefficient (Wildman–Crippen LogP) is 12.4. The molecule has 7 aliphatic heterocycles. The summed E-state index contributed by atoms with van der Waals surface area (Å²) in [7, 11) is 0. The summed E-state index contributed by atoms with van der Waals surface area (Å²) >= 11 is 26.3. The number of carbonyl (C=O) groups is 8. The third-order valence-corrected chi connectivity index (χ3v) is 24.7. The number of aryl methyl sites for hydroxylation is 4. The molecular weight excluding hydrogens is 2120 g/mol. The number of carboxylic acids is 1. The number of halogens is 9. The summed E-state index contributed by atoms with van der Waals surface area (Å²) in [5, 5.41) is 47.8. The molecule has 0 unspecified atom stereocenters. The van der Waals surface area contributed by atoms with E-state index in [2.05, 4.69) is 114 Å². The monoisotopic (exact) mass is 2210 g/mol. The van der Waals surface area contributed by atoms with Gasteiger partial charge in [-0.2, -0.15) is 35.7 Å². The van der Waals surface area contributed by atoms with E-state index in [1.165, 1.54) is 6.07 Å². The Hall–Kier alpha value is -9.32. The lowest BCUT2D eigenvalue weighted by Gasteiger charge is -2.28. The molecule has 0 fully saturated rings. The maximum absolute atomic E-state index is 13.4. The first-order valence-electron chi connectivity index (χ1n) is 40.0. The van der Waals surface area contributed by atoms with Gasteiger partial charge >= 0.3 is 17.9 Å². The second kappa shape index (κ2) is 43.3. The SMILES string of the molecule is CCOC(=O)c1c(I)nn2c1CCCC2.CCOC(=O)c1c(I)nn2c1CNCC2.NC(=O)c1c(-c2cccc(Cl)c2)nn2c1CCCC2.NC(=O)c1c(-c2cccc(Cl)c2)nn2c1CN(C(=O)Cc1ccc(F)c(F)c1)CC2.NC(=O)c1c(-c2cccc(Cl)c2)nn2c1CNCC2.NC(=O)c1c(I)nn2c1CCCC2.O=C(O)c1c(I)nn2c1CCCC2. The standard InChI is InChI=1S/C21H17ClF2N4O2.C14H14ClN3O.C13H13ClN4O.C10H13IN2O2.C9H12IN3O2.C8H10IN3O.C8H9IN2O2/c22-14-3-1-2-13(10-14)20-19(21(25)30)17-11-27(6-7-28(17)26-20)18(29)9-12-4-5-15(23)16(24)8-12;15-10-5-3-4-9(8-10)13-12(14(16)19)11-6-1-2-7-18(11)17-13;14-9-3-1-2-8(6-9)12-11(13(15)19)10-7-16-4-5-18(10)17-12;1-2-15-10(14)8-7-5-3-4-6-13(7)12-9(8)11;1-2-15-9(14)7-6-5-11-3-4-13(6)12-8(7)10;9-7-6(8(10)13)5-3-1-2-4-12(5)11-7;9-7-6(8(12)13)5-3-1-2-4-11(5)10-7/h1-5,8,10H,6-7,9,11H2,(H2,25,30);3-5,8H,1-2,6-7H2,(H2,16,19);1-3,6,16H,4-5,7H2,(H2,15,19);2-6H2,1H3;11H,2-5H2,1H3;1-4H2,(H2,10,13);1-4H2,(H,12,13). The Bertz CT molecular complexity index is 5600. The van der Waals surface area contributed by atoms with Crippen molar-refractivity contribution in [2.45, 2.75) is 163 Å². The van der Waals surface area contributed by atoms with E-state index in [1.807, 2.05) is 87.9 Å². The van der Waals surface area contributed by atoms with E-state index >= 15 is 0 Å². The average Bonchev–Trinajstić information content (AvgIpc) is 1.62. The number of aromatic nitrogens is 14. The number of rotatable bonds is 14. The number of ether oxygens (including phenoxy) is 2. The number of aromatic carboxylic acids is 1. The highest BCUT2D eigenvalue weighted by Gasteiger charge is 2.34. The minimum atomic E-state index is -1.00. The maximum atomic E-state index is 13.4. The first kappa shape index (κ1) is 93.8. The number of hydrogen-bond donors (Lipinski definition) is 7. The Morgan fingerprint density at radius 2 is 0.758 bits per heavy atom. The molecule has 11 aromatic rings. The first-order chi connectivity index (χ1) is 59.5. The molecule has 654 valence electrons. The highest BCUT2D eigenvalue weighted by atomic mass is 127. The van der Waals surface area contributed by atoms with Crippen molar-refractivity contribution in [2.24, 2.45) is 22.9 Å². The van der Waals surface area contributed by atoms with E-state index in [9.17, 15) is 47.1 Å². The van der Waals surface area contributed by atoms with Crippen LogP contribution in [-0.2, 0) is 112 Å². The molecule has 18 rings (SSSR count). The zero-order chi connectivity index (χ0) is 88.7. The molecule has 14 heterocycles. The number of nitrogens with zero attached hydrogens (tertiary/aromatic N) is 15. The van der Waals surface area contributed by atoms with Crippen LogP contribution in [0.5, 0.6) is 0 Å². The second-order valence-corrected chi connectivity index (χ2v) is 34.6. The quantitative estimate of drug-likeness (QED) is 0.0393. The predicted molar refractivity (Wildman–Crippen MR) is 491 cm³/mol. The molecule has 7 aromatic heterocycles. The summed E-state index contributed by atoms with van der Waals surface area (Å²) in [5.41, 5.74) is 36.1. The lowest BCUT2D eigenvalue weighted by molar-refractivity contribution is -0.132. The zero-order valence-corrected chi connectivity index (χ0v) is 78.3. The summed E-state index contributed by atoms with van der Waals surface area (Å²) in [5.74, 6) is -5.48. The molecule has 124 heavy (non-hydrogen) atoms. The van der Waals surface area contributed by atoms with Gasteiger partial charge in [0.2, 0.25) is 5.91 Å². The summed E-state index contributed by atoms with van der Waals surface area (Å²) in [6.45, 7) is 13.4. The van der Waals surface area contributed by atoms with Gasteiger partial charge in [0, 0.05) is 90.7 Å². The molecule has 5 amide bonds. The number of amides is 5. The van der Waals surface area contributed by atoms with E-state index in [1.54, 1.807) is 59.0 Å². The number of carboxylic acid groups (broad SMARTS) is 1. The molecule has 7 aliphatic rings. The normalized spacial score (nSPS) is 14.4. The van der Waals surface area contributed by atoms with Crippen molar-refractivity contribution in [3.05, 3.63) is 217 Å². The Morgan fingerprint density at radius 3 is 1.17 bits per heavy atom. The molecule has 11 N–H and O–H groups in total. The van der Waals surface area contributed by atoms with Crippen LogP contribution >= 0.6 is 125 Å². The molecule has 32 nitrogen and oxygen atoms in total. The number of esters is 2. The summed E-state index contributed by atoms with van der Waals surface area (Å²) in [4.78, 5) is 95.4. The molecule has 4 aromatic carbocycles. The Labute approximate surface area is 780 Å². The maximum Gasteiger partial charge on any atom is 0.342 e. The summed E-state index contributed by atoms with van der Waals surface area (Å²) in [6.07, 6.45) is 12.3. The van der Waals surface area contributed by atoms with Crippen LogP contribution in [0.1, 0.15) is 183 Å². The smallest absolute Gasteiger partial charge is 0.342 e. The van der Waals surface area contributed by atoms with Crippen LogP contribution in [-0.4, -0.2) is 159 Å². The van der Waals surface area contributed by atoms with Crippen LogP contribution in [0.15, 0.2) is 91.0 Å². The number of fused-ring (bicyclic) bond motifs is 7. The van der Waals surface area contributed by atoms with Crippen molar-refractivity contribution in [1.29, 1.82) is 0 Å².